The van der Waals surface area contributed by atoms with Gasteiger partial charge < -0.3 is 15.3 Å². The first-order valence-electron chi connectivity index (χ1n) is 6.79. The Morgan fingerprint density at radius 3 is 2.40 bits per heavy atom. The summed E-state index contributed by atoms with van der Waals surface area (Å²) in [5.74, 6) is -1.04. The number of benzene rings is 1. The summed E-state index contributed by atoms with van der Waals surface area (Å²) in [4.78, 5) is 25.1. The number of nitrogens with one attached hydrogen (secondary N) is 1. The highest BCUT2D eigenvalue weighted by atomic mass is 16.4. The first-order chi connectivity index (χ1) is 9.42. The Morgan fingerprint density at radius 1 is 1.30 bits per heavy atom. The molecule has 0 bridgehead atoms. The van der Waals surface area contributed by atoms with E-state index in [2.05, 4.69) is 5.32 Å². The molecule has 2 N–H and O–H groups in total. The zero-order chi connectivity index (χ0) is 15.3. The Balaban J connectivity index is 2.96. The van der Waals surface area contributed by atoms with Gasteiger partial charge in [0.25, 0.3) is 0 Å². The summed E-state index contributed by atoms with van der Waals surface area (Å²) >= 11 is 0. The van der Waals surface area contributed by atoms with Crippen molar-refractivity contribution < 1.29 is 14.7 Å². The summed E-state index contributed by atoms with van der Waals surface area (Å²) in [7, 11) is 1.73. The number of nitrogens with zero attached hydrogens (tertiary/aromatic N) is 1. The number of urea groups is 1. The molecule has 1 rings (SSSR count). The number of rotatable bonds is 5. The van der Waals surface area contributed by atoms with Gasteiger partial charge in [0, 0.05) is 13.1 Å². The monoisotopic (exact) mass is 278 g/mol. The summed E-state index contributed by atoms with van der Waals surface area (Å²) in [5, 5.41) is 11.9. The lowest BCUT2D eigenvalue weighted by Crippen LogP contribution is -2.39. The van der Waals surface area contributed by atoms with Crippen molar-refractivity contribution in [3.63, 3.8) is 0 Å². The number of carboxylic acid groups (broad SMARTS) is 1. The third-order valence-corrected chi connectivity index (χ3v) is 3.54. The fraction of sp³-hybridized carbons (Fsp3) is 0.467. The number of carbonyl (C=O) groups is 2. The SMILES string of the molecule is CCC(CC)N(C)C(=O)Nc1cccc(C)c1C(=O)O. The second-order valence-corrected chi connectivity index (χ2v) is 4.81. The van der Waals surface area contributed by atoms with E-state index < -0.39 is 5.97 Å². The number of hydrogen-bond donors (Lipinski definition) is 2. The van der Waals surface area contributed by atoms with Crippen molar-refractivity contribution in [1.82, 2.24) is 4.90 Å². The normalized spacial score (nSPS) is 10.4. The number of aryl methyl sites for hydroxylation is 1. The average molecular weight is 278 g/mol. The lowest BCUT2D eigenvalue weighted by atomic mass is 10.1. The number of amides is 2. The molecule has 0 heterocycles. The van der Waals surface area contributed by atoms with Crippen LogP contribution < -0.4 is 5.32 Å². The van der Waals surface area contributed by atoms with Crippen LogP contribution in [-0.4, -0.2) is 35.1 Å². The maximum atomic E-state index is 12.2. The minimum absolute atomic E-state index is 0.138. The van der Waals surface area contributed by atoms with Gasteiger partial charge in [0.1, 0.15) is 0 Å². The van der Waals surface area contributed by atoms with Crippen molar-refractivity contribution in [2.24, 2.45) is 0 Å². The Morgan fingerprint density at radius 2 is 1.90 bits per heavy atom. The number of hydrogen-bond acceptors (Lipinski definition) is 2. The molecule has 0 saturated heterocycles. The van der Waals surface area contributed by atoms with E-state index in [-0.39, 0.29) is 17.6 Å². The highest BCUT2D eigenvalue weighted by Gasteiger charge is 2.20. The van der Waals surface area contributed by atoms with Crippen molar-refractivity contribution in [1.29, 1.82) is 0 Å². The van der Waals surface area contributed by atoms with Gasteiger partial charge in [-0.25, -0.2) is 9.59 Å². The smallest absolute Gasteiger partial charge is 0.338 e. The van der Waals surface area contributed by atoms with Crippen LogP contribution in [0.15, 0.2) is 18.2 Å². The standard InChI is InChI=1S/C15H22N2O3/c1-5-11(6-2)17(4)15(20)16-12-9-7-8-10(3)13(12)14(18)19/h7-9,11H,5-6H2,1-4H3,(H,16,20)(H,18,19). The van der Waals surface area contributed by atoms with E-state index in [1.807, 2.05) is 13.8 Å². The van der Waals surface area contributed by atoms with Crippen molar-refractivity contribution in [3.8, 4) is 0 Å². The van der Waals surface area contributed by atoms with Gasteiger partial charge in [0.05, 0.1) is 11.3 Å². The Labute approximate surface area is 119 Å². The lowest BCUT2D eigenvalue weighted by molar-refractivity contribution is 0.0697. The van der Waals surface area contributed by atoms with Crippen LogP contribution >= 0.6 is 0 Å². The second-order valence-electron chi connectivity index (χ2n) is 4.81. The zero-order valence-corrected chi connectivity index (χ0v) is 12.4. The largest absolute Gasteiger partial charge is 0.478 e. The molecule has 2 amide bonds. The second kappa shape index (κ2) is 6.93. The molecule has 1 aromatic rings. The minimum Gasteiger partial charge on any atom is -0.478 e. The van der Waals surface area contributed by atoms with Crippen molar-refractivity contribution >= 4 is 17.7 Å². The molecule has 0 radical (unpaired) electrons. The molecule has 1 aromatic carbocycles. The summed E-state index contributed by atoms with van der Waals surface area (Å²) in [6.07, 6.45) is 1.72. The molecule has 0 aliphatic rings. The number of carboxylic acids is 1. The fourth-order valence-corrected chi connectivity index (χ4v) is 2.26. The molecule has 0 aliphatic carbocycles. The van der Waals surface area contributed by atoms with Gasteiger partial charge in [-0.05, 0) is 31.4 Å². The molecule has 5 nitrogen and oxygen atoms in total. The van der Waals surface area contributed by atoms with E-state index in [9.17, 15) is 14.7 Å². The van der Waals surface area contributed by atoms with Gasteiger partial charge in [0.15, 0.2) is 0 Å². The molecular weight excluding hydrogens is 256 g/mol. The van der Waals surface area contributed by atoms with Gasteiger partial charge in [-0.15, -0.1) is 0 Å². The third-order valence-electron chi connectivity index (χ3n) is 3.54. The van der Waals surface area contributed by atoms with Crippen LogP contribution in [0.1, 0.15) is 42.6 Å². The molecule has 0 atom stereocenters. The Bertz CT molecular complexity index is 496. The molecule has 5 heteroatoms. The number of aromatic carboxylic acids is 1. The van der Waals surface area contributed by atoms with Crippen LogP contribution in [0.5, 0.6) is 0 Å². The topological polar surface area (TPSA) is 69.6 Å². The van der Waals surface area contributed by atoms with Crippen molar-refractivity contribution in [2.45, 2.75) is 39.7 Å². The predicted octanol–water partition coefficient (Wildman–Crippen LogP) is 3.35. The first kappa shape index (κ1) is 16.0. The van der Waals surface area contributed by atoms with E-state index in [4.69, 9.17) is 0 Å². The Kier molecular flexibility index (Phi) is 5.55. The lowest BCUT2D eigenvalue weighted by Gasteiger charge is -2.26. The van der Waals surface area contributed by atoms with Crippen LogP contribution in [0.4, 0.5) is 10.5 Å². The van der Waals surface area contributed by atoms with Crippen molar-refractivity contribution in [3.05, 3.63) is 29.3 Å². The highest BCUT2D eigenvalue weighted by Crippen LogP contribution is 2.20. The van der Waals surface area contributed by atoms with Crippen LogP contribution in [0.2, 0.25) is 0 Å². The molecule has 0 aliphatic heterocycles. The molecule has 0 unspecified atom stereocenters. The van der Waals surface area contributed by atoms with E-state index in [1.165, 1.54) is 0 Å². The summed E-state index contributed by atoms with van der Waals surface area (Å²) in [5.41, 5.74) is 1.10. The molecule has 0 saturated carbocycles. The van der Waals surface area contributed by atoms with Crippen LogP contribution in [0.3, 0.4) is 0 Å². The van der Waals surface area contributed by atoms with Crippen LogP contribution in [0.25, 0.3) is 0 Å². The van der Waals surface area contributed by atoms with E-state index in [0.29, 0.717) is 11.3 Å². The van der Waals surface area contributed by atoms with Gasteiger partial charge >= 0.3 is 12.0 Å². The maximum absolute atomic E-state index is 12.2. The summed E-state index contributed by atoms with van der Waals surface area (Å²) in [6.45, 7) is 5.75. The molecule has 0 aromatic heterocycles. The molecular formula is C15H22N2O3. The average Bonchev–Trinajstić information content (AvgIpc) is 2.39. The first-order valence-corrected chi connectivity index (χ1v) is 6.79. The number of anilines is 1. The van der Waals surface area contributed by atoms with E-state index in [1.54, 1.807) is 37.1 Å². The number of carbonyl (C=O) groups excluding carboxylic acids is 1. The molecule has 110 valence electrons. The Hall–Kier alpha value is -2.04. The summed E-state index contributed by atoms with van der Waals surface area (Å²) in [6, 6.07) is 4.91. The van der Waals surface area contributed by atoms with Crippen LogP contribution in [-0.2, 0) is 0 Å². The zero-order valence-electron chi connectivity index (χ0n) is 12.4. The molecule has 0 spiro atoms. The van der Waals surface area contributed by atoms with E-state index in [0.717, 1.165) is 12.8 Å². The molecule has 20 heavy (non-hydrogen) atoms. The quantitative estimate of drug-likeness (QED) is 0.867. The van der Waals surface area contributed by atoms with Gasteiger partial charge in [0.2, 0.25) is 0 Å². The van der Waals surface area contributed by atoms with Crippen LogP contribution in [0, 0.1) is 6.92 Å². The fourth-order valence-electron chi connectivity index (χ4n) is 2.26. The van der Waals surface area contributed by atoms with Gasteiger partial charge in [-0.1, -0.05) is 26.0 Å². The highest BCUT2D eigenvalue weighted by molar-refractivity contribution is 6.01. The van der Waals surface area contributed by atoms with E-state index >= 15 is 0 Å². The van der Waals surface area contributed by atoms with Crippen molar-refractivity contribution in [2.75, 3.05) is 12.4 Å². The minimum atomic E-state index is -1.04. The molecule has 0 fully saturated rings. The van der Waals surface area contributed by atoms with Gasteiger partial charge in [-0.3, -0.25) is 0 Å². The maximum Gasteiger partial charge on any atom is 0.338 e. The van der Waals surface area contributed by atoms with Gasteiger partial charge in [-0.2, -0.15) is 0 Å². The summed E-state index contributed by atoms with van der Waals surface area (Å²) < 4.78 is 0. The predicted molar refractivity (Wildman–Crippen MR) is 79.3 cm³/mol. The third kappa shape index (κ3) is 3.50.